The molecule has 0 spiro atoms. The highest BCUT2D eigenvalue weighted by molar-refractivity contribution is 7.98. The van der Waals surface area contributed by atoms with Crippen molar-refractivity contribution in [2.45, 2.75) is 43.8 Å². The molecule has 0 saturated carbocycles. The van der Waals surface area contributed by atoms with Gasteiger partial charge in [0.25, 0.3) is 0 Å². The second kappa shape index (κ2) is 6.70. The lowest BCUT2D eigenvalue weighted by Gasteiger charge is -2.03. The molecule has 0 aliphatic carbocycles. The second-order valence-corrected chi connectivity index (χ2v) is 5.77. The second-order valence-electron chi connectivity index (χ2n) is 4.73. The van der Waals surface area contributed by atoms with Crippen molar-refractivity contribution < 1.29 is 9.32 Å². The van der Waals surface area contributed by atoms with Gasteiger partial charge < -0.3 is 4.52 Å². The molecule has 5 heteroatoms. The lowest BCUT2D eigenvalue weighted by Crippen LogP contribution is -2.07. The summed E-state index contributed by atoms with van der Waals surface area (Å²) in [7, 11) is 0. The molecule has 0 fully saturated rings. The van der Waals surface area contributed by atoms with E-state index >= 15 is 0 Å². The zero-order valence-corrected chi connectivity index (χ0v) is 12.7. The van der Waals surface area contributed by atoms with Crippen LogP contribution in [-0.2, 0) is 10.5 Å². The average molecular weight is 290 g/mol. The van der Waals surface area contributed by atoms with E-state index in [9.17, 15) is 4.79 Å². The van der Waals surface area contributed by atoms with E-state index in [1.165, 1.54) is 10.5 Å². The van der Waals surface area contributed by atoms with Gasteiger partial charge in [-0.1, -0.05) is 29.8 Å². The molecule has 2 aromatic rings. The number of carbonyl (C=O) groups is 1. The highest BCUT2D eigenvalue weighted by Crippen LogP contribution is 2.24. The Kier molecular flexibility index (Phi) is 4.95. The Bertz CT molecular complexity index is 595. The Morgan fingerprint density at radius 3 is 2.90 bits per heavy atom. The first kappa shape index (κ1) is 14.8. The van der Waals surface area contributed by atoms with Crippen LogP contribution in [0.15, 0.2) is 33.7 Å². The van der Waals surface area contributed by atoms with E-state index in [4.69, 9.17) is 4.52 Å². The van der Waals surface area contributed by atoms with Crippen molar-refractivity contribution in [3.05, 3.63) is 41.5 Å². The molecule has 4 nitrogen and oxygen atoms in total. The third-order valence-corrected chi connectivity index (χ3v) is 4.03. The number of Topliss-reactive ketones (excluding diaryl/α,β-unsaturated/α-hetero) is 1. The number of rotatable bonds is 6. The lowest BCUT2D eigenvalue weighted by atomic mass is 10.0. The number of aryl methyl sites for hydroxylation is 1. The van der Waals surface area contributed by atoms with Crippen LogP contribution < -0.4 is 0 Å². The molecule has 0 aliphatic rings. The molecular formula is C15H18N2O2S. The third-order valence-electron chi connectivity index (χ3n) is 3.04. The molecule has 0 aliphatic heterocycles. The normalized spacial score (nSPS) is 12.3. The van der Waals surface area contributed by atoms with Gasteiger partial charge in [0.2, 0.25) is 5.89 Å². The quantitative estimate of drug-likeness (QED) is 0.758. The number of hydrogen-bond acceptors (Lipinski definition) is 5. The summed E-state index contributed by atoms with van der Waals surface area (Å²) in [5.74, 6) is 1.49. The van der Waals surface area contributed by atoms with Crippen LogP contribution in [0.1, 0.15) is 43.5 Å². The van der Waals surface area contributed by atoms with Crippen LogP contribution in [0.25, 0.3) is 0 Å². The number of benzene rings is 1. The monoisotopic (exact) mass is 290 g/mol. The van der Waals surface area contributed by atoms with Crippen molar-refractivity contribution in [2.24, 2.45) is 0 Å². The Balaban J connectivity index is 2.01. The smallest absolute Gasteiger partial charge is 0.237 e. The number of nitrogens with zero attached hydrogens (tertiary/aromatic N) is 2. The Morgan fingerprint density at radius 2 is 2.25 bits per heavy atom. The van der Waals surface area contributed by atoms with Crippen LogP contribution in [0, 0.1) is 6.92 Å². The van der Waals surface area contributed by atoms with Crippen molar-refractivity contribution >= 4 is 17.5 Å². The summed E-state index contributed by atoms with van der Waals surface area (Å²) in [6.07, 6.45) is 0.683. The Morgan fingerprint density at radius 1 is 1.45 bits per heavy atom. The first-order valence-electron chi connectivity index (χ1n) is 6.62. The zero-order valence-electron chi connectivity index (χ0n) is 11.9. The van der Waals surface area contributed by atoms with Crippen LogP contribution in [0.4, 0.5) is 0 Å². The minimum Gasteiger partial charge on any atom is -0.339 e. The van der Waals surface area contributed by atoms with E-state index in [0.717, 1.165) is 0 Å². The fourth-order valence-corrected chi connectivity index (χ4v) is 2.81. The maximum absolute atomic E-state index is 11.5. The Labute approximate surface area is 123 Å². The lowest BCUT2D eigenvalue weighted by molar-refractivity contribution is -0.119. The van der Waals surface area contributed by atoms with Crippen LogP contribution in [0.2, 0.25) is 0 Å². The van der Waals surface area contributed by atoms with Gasteiger partial charge in [-0.05, 0) is 32.4 Å². The summed E-state index contributed by atoms with van der Waals surface area (Å²) >= 11 is 1.66. The van der Waals surface area contributed by atoms with Crippen molar-refractivity contribution in [3.63, 3.8) is 0 Å². The first-order valence-corrected chi connectivity index (χ1v) is 7.61. The minimum absolute atomic E-state index is 0.0639. The standard InChI is InChI=1S/C15H18N2O2S/c1-4-13(11(3)18)15-16-14(17-19-15)9-20-12-7-5-6-10(2)8-12/h5-8,13H,4,9H2,1-3H3. The molecule has 1 unspecified atom stereocenters. The predicted molar refractivity (Wildman–Crippen MR) is 78.8 cm³/mol. The molecule has 0 bridgehead atoms. The van der Waals surface area contributed by atoms with Crippen LogP contribution in [0.5, 0.6) is 0 Å². The Hall–Kier alpha value is -1.62. The molecular weight excluding hydrogens is 272 g/mol. The molecule has 1 aromatic heterocycles. The van der Waals surface area contributed by atoms with Crippen molar-refractivity contribution in [3.8, 4) is 0 Å². The number of thioether (sulfide) groups is 1. The molecule has 0 N–H and O–H groups in total. The maximum Gasteiger partial charge on any atom is 0.237 e. The zero-order chi connectivity index (χ0) is 14.5. The highest BCUT2D eigenvalue weighted by atomic mass is 32.2. The highest BCUT2D eigenvalue weighted by Gasteiger charge is 2.21. The number of hydrogen-bond donors (Lipinski definition) is 0. The predicted octanol–water partition coefficient (Wildman–Crippen LogP) is 3.75. The largest absolute Gasteiger partial charge is 0.339 e. The van der Waals surface area contributed by atoms with Crippen molar-refractivity contribution in [1.82, 2.24) is 10.1 Å². The van der Waals surface area contributed by atoms with E-state index in [-0.39, 0.29) is 11.7 Å². The summed E-state index contributed by atoms with van der Waals surface area (Å²) in [6, 6.07) is 8.27. The molecule has 1 atom stereocenters. The van der Waals surface area contributed by atoms with Gasteiger partial charge >= 0.3 is 0 Å². The summed E-state index contributed by atoms with van der Waals surface area (Å²) in [4.78, 5) is 17.0. The van der Waals surface area contributed by atoms with E-state index in [1.54, 1.807) is 18.7 Å². The summed E-state index contributed by atoms with van der Waals surface area (Å²) in [5, 5.41) is 3.95. The van der Waals surface area contributed by atoms with Crippen LogP contribution in [0.3, 0.4) is 0 Å². The molecule has 0 amide bonds. The fourth-order valence-electron chi connectivity index (χ4n) is 1.96. The van der Waals surface area contributed by atoms with Gasteiger partial charge in [-0.25, -0.2) is 0 Å². The topological polar surface area (TPSA) is 56.0 Å². The van der Waals surface area contributed by atoms with Gasteiger partial charge in [0.05, 0.1) is 11.7 Å². The van der Waals surface area contributed by atoms with E-state index in [2.05, 4.69) is 35.3 Å². The molecule has 0 radical (unpaired) electrons. The SMILES string of the molecule is CCC(C(C)=O)c1nc(CSc2cccc(C)c2)no1. The van der Waals surface area contributed by atoms with Gasteiger partial charge in [-0.2, -0.15) is 4.98 Å². The van der Waals surface area contributed by atoms with E-state index < -0.39 is 0 Å². The molecule has 1 aromatic carbocycles. The number of aromatic nitrogens is 2. The van der Waals surface area contributed by atoms with Crippen LogP contribution >= 0.6 is 11.8 Å². The van der Waals surface area contributed by atoms with Gasteiger partial charge in [0.1, 0.15) is 5.78 Å². The van der Waals surface area contributed by atoms with Crippen molar-refractivity contribution in [1.29, 1.82) is 0 Å². The number of carbonyl (C=O) groups excluding carboxylic acids is 1. The summed E-state index contributed by atoms with van der Waals surface area (Å²) < 4.78 is 5.20. The average Bonchev–Trinajstić information content (AvgIpc) is 2.85. The first-order chi connectivity index (χ1) is 9.60. The number of ketones is 1. The maximum atomic E-state index is 11.5. The van der Waals surface area contributed by atoms with Crippen molar-refractivity contribution in [2.75, 3.05) is 0 Å². The van der Waals surface area contributed by atoms with Gasteiger partial charge in [0.15, 0.2) is 5.82 Å². The minimum atomic E-state index is -0.278. The molecule has 1 heterocycles. The van der Waals surface area contributed by atoms with E-state index in [1.807, 2.05) is 13.0 Å². The molecule has 106 valence electrons. The molecule has 0 saturated heterocycles. The third kappa shape index (κ3) is 3.70. The summed E-state index contributed by atoms with van der Waals surface area (Å²) in [5.41, 5.74) is 1.23. The van der Waals surface area contributed by atoms with Crippen LogP contribution in [-0.4, -0.2) is 15.9 Å². The van der Waals surface area contributed by atoms with Gasteiger partial charge in [-0.15, -0.1) is 11.8 Å². The summed E-state index contributed by atoms with van der Waals surface area (Å²) in [6.45, 7) is 5.56. The molecule has 20 heavy (non-hydrogen) atoms. The van der Waals surface area contributed by atoms with Gasteiger partial charge in [-0.3, -0.25) is 4.79 Å². The van der Waals surface area contributed by atoms with Gasteiger partial charge in [0, 0.05) is 4.90 Å². The fraction of sp³-hybridized carbons (Fsp3) is 0.400. The molecule has 2 rings (SSSR count). The van der Waals surface area contributed by atoms with E-state index in [0.29, 0.717) is 23.9 Å².